The molecule has 3 N–H and O–H groups in total. The van der Waals surface area contributed by atoms with Gasteiger partial charge in [-0.1, -0.05) is 26.2 Å². The molecule has 1 amide bonds. The summed E-state index contributed by atoms with van der Waals surface area (Å²) in [6, 6.07) is 0. The number of nitrogens with zero attached hydrogens (tertiary/aromatic N) is 2. The van der Waals surface area contributed by atoms with Gasteiger partial charge < -0.3 is 19.9 Å². The molecular weight excluding hydrogens is 366 g/mol. The van der Waals surface area contributed by atoms with E-state index >= 15 is 0 Å². The molecule has 3 aliphatic rings. The number of likely N-dealkylation sites (tertiary alicyclic amines) is 1. The molecule has 3 fully saturated rings. The predicted octanol–water partition coefficient (Wildman–Crippen LogP) is 3.16. The average Bonchev–Trinajstić information content (AvgIpc) is 3.36. The fraction of sp³-hybridized carbons (Fsp3) is 0.773. The van der Waals surface area contributed by atoms with Gasteiger partial charge in [-0.3, -0.25) is 10.2 Å². The SMILES string of the molecule is CC1CN(CC2CCCCC2)CC1C(=N)NC(=O)c1cnc(C2CCOCC2)[nH]1. The molecule has 0 aromatic carbocycles. The van der Waals surface area contributed by atoms with Crippen molar-refractivity contribution < 1.29 is 9.53 Å². The van der Waals surface area contributed by atoms with Crippen molar-refractivity contribution >= 4 is 11.7 Å². The molecule has 0 spiro atoms. The molecule has 4 rings (SSSR count). The van der Waals surface area contributed by atoms with Crippen LogP contribution in [0.4, 0.5) is 0 Å². The number of rotatable bonds is 5. The Morgan fingerprint density at radius 3 is 2.76 bits per heavy atom. The number of nitrogens with one attached hydrogen (secondary N) is 3. The summed E-state index contributed by atoms with van der Waals surface area (Å²) in [4.78, 5) is 22.7. The van der Waals surface area contributed by atoms with Crippen molar-refractivity contribution in [3.8, 4) is 0 Å². The first-order valence-corrected chi connectivity index (χ1v) is 11.3. The molecule has 2 atom stereocenters. The van der Waals surface area contributed by atoms with Gasteiger partial charge in [0, 0.05) is 44.7 Å². The first-order chi connectivity index (χ1) is 14.1. The van der Waals surface area contributed by atoms with Crippen molar-refractivity contribution in [1.29, 1.82) is 5.41 Å². The molecule has 7 heteroatoms. The van der Waals surface area contributed by atoms with Crippen LogP contribution in [0.15, 0.2) is 6.20 Å². The van der Waals surface area contributed by atoms with Gasteiger partial charge in [-0.05, 0) is 37.5 Å². The molecule has 0 bridgehead atoms. The molecular formula is C22H35N5O2. The normalized spacial score (nSPS) is 27.2. The Bertz CT molecular complexity index is 706. The number of amidine groups is 1. The lowest BCUT2D eigenvalue weighted by Gasteiger charge is -2.26. The van der Waals surface area contributed by atoms with E-state index in [-0.39, 0.29) is 11.8 Å². The highest BCUT2D eigenvalue weighted by Gasteiger charge is 2.34. The van der Waals surface area contributed by atoms with Crippen molar-refractivity contribution in [3.05, 3.63) is 17.7 Å². The van der Waals surface area contributed by atoms with E-state index in [4.69, 9.17) is 10.1 Å². The van der Waals surface area contributed by atoms with E-state index in [2.05, 4.69) is 27.1 Å². The van der Waals surface area contributed by atoms with Gasteiger partial charge in [0.2, 0.25) is 0 Å². The van der Waals surface area contributed by atoms with Crippen molar-refractivity contribution in [2.24, 2.45) is 17.8 Å². The van der Waals surface area contributed by atoms with E-state index in [0.29, 0.717) is 23.4 Å². The van der Waals surface area contributed by atoms with Crippen LogP contribution < -0.4 is 5.32 Å². The largest absolute Gasteiger partial charge is 0.381 e. The maximum Gasteiger partial charge on any atom is 0.274 e. The minimum Gasteiger partial charge on any atom is -0.381 e. The summed E-state index contributed by atoms with van der Waals surface area (Å²) in [7, 11) is 0. The molecule has 2 unspecified atom stereocenters. The first kappa shape index (κ1) is 20.5. The Hall–Kier alpha value is -1.73. The van der Waals surface area contributed by atoms with Crippen molar-refractivity contribution in [2.75, 3.05) is 32.8 Å². The van der Waals surface area contributed by atoms with Crippen molar-refractivity contribution in [3.63, 3.8) is 0 Å². The molecule has 1 saturated carbocycles. The van der Waals surface area contributed by atoms with E-state index < -0.39 is 0 Å². The highest BCUT2D eigenvalue weighted by Crippen LogP contribution is 2.29. The lowest BCUT2D eigenvalue weighted by atomic mass is 9.89. The number of carbonyl (C=O) groups excluding carboxylic acids is 1. The molecule has 2 saturated heterocycles. The molecule has 7 nitrogen and oxygen atoms in total. The zero-order chi connectivity index (χ0) is 20.2. The Labute approximate surface area is 173 Å². The molecule has 2 aliphatic heterocycles. The van der Waals surface area contributed by atoms with Gasteiger partial charge in [-0.2, -0.15) is 0 Å². The third-order valence-corrected chi connectivity index (χ3v) is 7.00. The maximum absolute atomic E-state index is 12.7. The Morgan fingerprint density at radius 1 is 1.24 bits per heavy atom. The van der Waals surface area contributed by atoms with E-state index in [1.54, 1.807) is 6.20 Å². The standard InChI is InChI=1S/C22H35N5O2/c1-15-12-27(13-16-5-3-2-4-6-16)14-18(15)20(23)26-22(28)19-11-24-21(25-19)17-7-9-29-10-8-17/h11,15-18H,2-10,12-14H2,1H3,(H,24,25)(H2,23,26,28). The second kappa shape index (κ2) is 9.39. The smallest absolute Gasteiger partial charge is 0.274 e. The van der Waals surface area contributed by atoms with E-state index in [1.807, 2.05) is 0 Å². The number of hydrogen-bond donors (Lipinski definition) is 3. The van der Waals surface area contributed by atoms with Crippen LogP contribution in [-0.2, 0) is 4.74 Å². The molecule has 1 aliphatic carbocycles. The average molecular weight is 402 g/mol. The Kier molecular flexibility index (Phi) is 6.65. The quantitative estimate of drug-likeness (QED) is 0.522. The number of H-pyrrole nitrogens is 1. The van der Waals surface area contributed by atoms with Gasteiger partial charge >= 0.3 is 0 Å². The summed E-state index contributed by atoms with van der Waals surface area (Å²) in [6.45, 7) is 6.75. The van der Waals surface area contributed by atoms with Gasteiger partial charge in [-0.15, -0.1) is 0 Å². The molecule has 0 radical (unpaired) electrons. The monoisotopic (exact) mass is 401 g/mol. The van der Waals surface area contributed by atoms with Gasteiger partial charge in [0.15, 0.2) is 0 Å². The van der Waals surface area contributed by atoms with Crippen molar-refractivity contribution in [1.82, 2.24) is 20.2 Å². The second-order valence-corrected chi connectivity index (χ2v) is 9.24. The predicted molar refractivity (Wildman–Crippen MR) is 112 cm³/mol. The van der Waals surface area contributed by atoms with Crippen LogP contribution in [0, 0.1) is 23.2 Å². The van der Waals surface area contributed by atoms with Gasteiger partial charge in [0.1, 0.15) is 17.4 Å². The van der Waals surface area contributed by atoms with Crippen LogP contribution in [-0.4, -0.2) is 59.5 Å². The zero-order valence-electron chi connectivity index (χ0n) is 17.6. The number of aromatic amines is 1. The minimum absolute atomic E-state index is 0.0976. The number of hydrogen-bond acceptors (Lipinski definition) is 5. The molecule has 29 heavy (non-hydrogen) atoms. The highest BCUT2D eigenvalue weighted by atomic mass is 16.5. The van der Waals surface area contributed by atoms with E-state index in [0.717, 1.165) is 57.4 Å². The number of aromatic nitrogens is 2. The lowest BCUT2D eigenvalue weighted by molar-refractivity contribution is 0.0837. The maximum atomic E-state index is 12.7. The summed E-state index contributed by atoms with van der Waals surface area (Å²) >= 11 is 0. The van der Waals surface area contributed by atoms with Gasteiger partial charge in [0.05, 0.1) is 6.20 Å². The van der Waals surface area contributed by atoms with E-state index in [9.17, 15) is 4.79 Å². The minimum atomic E-state index is -0.251. The fourth-order valence-electron chi connectivity index (χ4n) is 5.24. The Balaban J connectivity index is 1.29. The summed E-state index contributed by atoms with van der Waals surface area (Å²) in [6.07, 6.45) is 10.3. The molecule has 1 aromatic heterocycles. The van der Waals surface area contributed by atoms with Crippen molar-refractivity contribution in [2.45, 2.75) is 57.8 Å². The highest BCUT2D eigenvalue weighted by molar-refractivity contribution is 6.05. The van der Waals surface area contributed by atoms with E-state index in [1.165, 1.54) is 32.1 Å². The molecule has 160 valence electrons. The number of amides is 1. The summed E-state index contributed by atoms with van der Waals surface area (Å²) in [5, 5.41) is 11.3. The number of imidazole rings is 1. The first-order valence-electron chi connectivity index (χ1n) is 11.3. The zero-order valence-corrected chi connectivity index (χ0v) is 17.6. The second-order valence-electron chi connectivity index (χ2n) is 9.24. The van der Waals surface area contributed by atoms with Gasteiger partial charge in [0.25, 0.3) is 5.91 Å². The Morgan fingerprint density at radius 2 is 2.00 bits per heavy atom. The third kappa shape index (κ3) is 5.07. The molecule has 1 aromatic rings. The lowest BCUT2D eigenvalue weighted by Crippen LogP contribution is -2.38. The van der Waals surface area contributed by atoms with Crippen LogP contribution in [0.3, 0.4) is 0 Å². The van der Waals surface area contributed by atoms with Crippen LogP contribution in [0.25, 0.3) is 0 Å². The van der Waals surface area contributed by atoms with Crippen LogP contribution in [0.5, 0.6) is 0 Å². The molecule has 3 heterocycles. The summed E-state index contributed by atoms with van der Waals surface area (Å²) < 4.78 is 5.40. The number of carbonyl (C=O) groups is 1. The number of ether oxygens (including phenoxy) is 1. The van der Waals surface area contributed by atoms with Gasteiger partial charge in [-0.25, -0.2) is 4.98 Å². The fourth-order valence-corrected chi connectivity index (χ4v) is 5.24. The van der Waals surface area contributed by atoms with Crippen LogP contribution in [0.1, 0.15) is 74.1 Å². The third-order valence-electron chi connectivity index (χ3n) is 7.00. The topological polar surface area (TPSA) is 94.1 Å². The summed E-state index contributed by atoms with van der Waals surface area (Å²) in [5.74, 6) is 2.58. The van der Waals surface area contributed by atoms with Crippen LogP contribution in [0.2, 0.25) is 0 Å². The van der Waals surface area contributed by atoms with Crippen LogP contribution >= 0.6 is 0 Å². The summed E-state index contributed by atoms with van der Waals surface area (Å²) in [5.41, 5.74) is 0.445.